The number of nitriles is 1. The van der Waals surface area contributed by atoms with E-state index in [1.54, 1.807) is 43.7 Å². The topological polar surface area (TPSA) is 118 Å². The van der Waals surface area contributed by atoms with Crippen LogP contribution in [0.25, 0.3) is 5.65 Å². The van der Waals surface area contributed by atoms with Gasteiger partial charge in [-0.05, 0) is 64.0 Å². The van der Waals surface area contributed by atoms with Crippen molar-refractivity contribution in [3.63, 3.8) is 0 Å². The Morgan fingerprint density at radius 3 is 2.58 bits per heavy atom. The second kappa shape index (κ2) is 8.20. The Balaban J connectivity index is 1.62. The molecule has 178 valence electrons. The van der Waals surface area contributed by atoms with Gasteiger partial charge in [-0.15, -0.1) is 0 Å². The van der Waals surface area contributed by atoms with E-state index in [-0.39, 0.29) is 31.6 Å². The van der Waals surface area contributed by atoms with Gasteiger partial charge >= 0.3 is 6.09 Å². The quantitative estimate of drug-likeness (QED) is 0.682. The zero-order valence-corrected chi connectivity index (χ0v) is 19.1. The van der Waals surface area contributed by atoms with Gasteiger partial charge in [-0.2, -0.15) is 10.4 Å². The van der Waals surface area contributed by atoms with Crippen molar-refractivity contribution in [3.05, 3.63) is 29.7 Å². The zero-order valence-electron chi connectivity index (χ0n) is 19.1. The number of carbonyl (C=O) groups excluding carboxylic acids is 1. The Bertz CT molecular complexity index is 1070. The minimum atomic E-state index is -2.68. The number of alkyl halides is 2. The summed E-state index contributed by atoms with van der Waals surface area (Å²) in [6.07, 6.45) is 4.26. The van der Waals surface area contributed by atoms with Crippen LogP contribution in [-0.4, -0.2) is 32.2 Å². The molecule has 33 heavy (non-hydrogen) atoms. The van der Waals surface area contributed by atoms with Crippen LogP contribution in [0.3, 0.4) is 0 Å². The molecule has 0 bridgehead atoms. The van der Waals surface area contributed by atoms with Gasteiger partial charge in [0, 0.05) is 12.8 Å². The first-order valence-electron chi connectivity index (χ1n) is 11.3. The standard InChI is InChI=1S/C23H30F2N6O2/c1-21(2,3)33-20(32)30-18(14-4-6-23(24,25)7-5-14)16-12-31-17(29-16)10-15(11-28-31)19(27)22(13-26)8-9-22/h10-12,14,18-19H,4-9,27H2,1-3H3,(H,30,32)/t18-,19?/m0/s1. The van der Waals surface area contributed by atoms with Crippen LogP contribution >= 0.6 is 0 Å². The first-order chi connectivity index (χ1) is 15.4. The average molecular weight is 461 g/mol. The lowest BCUT2D eigenvalue weighted by Gasteiger charge is -2.33. The van der Waals surface area contributed by atoms with Gasteiger partial charge in [-0.25, -0.2) is 23.1 Å². The highest BCUT2D eigenvalue weighted by Crippen LogP contribution is 2.53. The van der Waals surface area contributed by atoms with Crippen LogP contribution < -0.4 is 11.1 Å². The van der Waals surface area contributed by atoms with E-state index in [2.05, 4.69) is 21.5 Å². The molecule has 0 aliphatic heterocycles. The monoisotopic (exact) mass is 460 g/mol. The van der Waals surface area contributed by atoms with Crippen molar-refractivity contribution >= 4 is 11.7 Å². The number of rotatable bonds is 5. The number of hydrogen-bond acceptors (Lipinski definition) is 6. The van der Waals surface area contributed by atoms with Crippen LogP contribution in [0.5, 0.6) is 0 Å². The third-order valence-corrected chi connectivity index (χ3v) is 6.55. The number of hydrogen-bond donors (Lipinski definition) is 2. The highest BCUT2D eigenvalue weighted by atomic mass is 19.3. The summed E-state index contributed by atoms with van der Waals surface area (Å²) in [6, 6.07) is 3.04. The summed E-state index contributed by atoms with van der Waals surface area (Å²) in [5.41, 5.74) is 6.84. The Kier molecular flexibility index (Phi) is 5.81. The average Bonchev–Trinajstić information content (AvgIpc) is 3.42. The fraction of sp³-hybridized carbons (Fsp3) is 0.652. The Hall–Kier alpha value is -2.80. The summed E-state index contributed by atoms with van der Waals surface area (Å²) >= 11 is 0. The molecule has 2 atom stereocenters. The third-order valence-electron chi connectivity index (χ3n) is 6.55. The van der Waals surface area contributed by atoms with E-state index >= 15 is 0 Å². The number of ether oxygens (including phenoxy) is 1. The van der Waals surface area contributed by atoms with Crippen molar-refractivity contribution in [2.24, 2.45) is 17.1 Å². The fourth-order valence-corrected chi connectivity index (χ4v) is 4.44. The molecule has 2 aliphatic rings. The number of aromatic nitrogens is 3. The van der Waals surface area contributed by atoms with E-state index < -0.39 is 35.1 Å². The van der Waals surface area contributed by atoms with Crippen LogP contribution in [0.2, 0.25) is 0 Å². The largest absolute Gasteiger partial charge is 0.444 e. The molecule has 0 saturated heterocycles. The molecule has 2 heterocycles. The molecule has 0 spiro atoms. The van der Waals surface area contributed by atoms with Gasteiger partial charge in [-0.1, -0.05) is 0 Å². The van der Waals surface area contributed by atoms with Crippen LogP contribution in [0.15, 0.2) is 18.5 Å². The summed E-state index contributed by atoms with van der Waals surface area (Å²) in [5.74, 6) is -2.89. The molecule has 4 rings (SSSR count). The van der Waals surface area contributed by atoms with Crippen LogP contribution in [0.4, 0.5) is 13.6 Å². The number of nitrogens with two attached hydrogens (primary N) is 1. The number of alkyl carbamates (subject to hydrolysis) is 1. The molecule has 2 saturated carbocycles. The summed E-state index contributed by atoms with van der Waals surface area (Å²) in [5, 5.41) is 16.7. The number of nitrogens with one attached hydrogen (secondary N) is 1. The number of amides is 1. The van der Waals surface area contributed by atoms with Gasteiger partial charge in [0.05, 0.1) is 41.7 Å². The van der Waals surface area contributed by atoms with Crippen molar-refractivity contribution in [3.8, 4) is 6.07 Å². The third kappa shape index (κ3) is 5.08. The molecule has 2 fully saturated rings. The van der Waals surface area contributed by atoms with Gasteiger partial charge in [0.15, 0.2) is 5.65 Å². The Labute approximate surface area is 191 Å². The van der Waals surface area contributed by atoms with Crippen molar-refractivity contribution in [1.29, 1.82) is 5.26 Å². The van der Waals surface area contributed by atoms with Gasteiger partial charge in [-0.3, -0.25) is 0 Å². The van der Waals surface area contributed by atoms with E-state index in [1.165, 1.54) is 0 Å². The number of halogens is 2. The first-order valence-corrected chi connectivity index (χ1v) is 11.3. The van der Waals surface area contributed by atoms with Crippen LogP contribution in [0, 0.1) is 22.7 Å². The number of carbonyl (C=O) groups is 1. The molecule has 0 radical (unpaired) electrons. The van der Waals surface area contributed by atoms with Crippen LogP contribution in [-0.2, 0) is 4.74 Å². The fourth-order valence-electron chi connectivity index (χ4n) is 4.44. The molecule has 1 amide bonds. The van der Waals surface area contributed by atoms with Gasteiger partial charge < -0.3 is 15.8 Å². The second-order valence-corrected chi connectivity index (χ2v) is 10.3. The Morgan fingerprint density at radius 1 is 1.33 bits per heavy atom. The molecule has 2 aromatic rings. The summed E-state index contributed by atoms with van der Waals surface area (Å²) in [6.45, 7) is 5.28. The number of nitrogens with zero attached hydrogens (tertiary/aromatic N) is 4. The van der Waals surface area contributed by atoms with Crippen molar-refractivity contribution < 1.29 is 18.3 Å². The normalized spacial score (nSPS) is 21.7. The molecule has 1 unspecified atom stereocenters. The maximum atomic E-state index is 13.8. The minimum absolute atomic E-state index is 0.211. The van der Waals surface area contributed by atoms with Crippen molar-refractivity contribution in [1.82, 2.24) is 19.9 Å². The summed E-state index contributed by atoms with van der Waals surface area (Å²) in [7, 11) is 0. The predicted octanol–water partition coefficient (Wildman–Crippen LogP) is 4.42. The smallest absolute Gasteiger partial charge is 0.408 e. The van der Waals surface area contributed by atoms with E-state index in [4.69, 9.17) is 10.5 Å². The molecule has 8 nitrogen and oxygen atoms in total. The molecular formula is C23H30F2N6O2. The molecule has 0 aromatic carbocycles. The lowest BCUT2D eigenvalue weighted by molar-refractivity contribution is -0.0500. The van der Waals surface area contributed by atoms with Gasteiger partial charge in [0.2, 0.25) is 5.92 Å². The van der Waals surface area contributed by atoms with Crippen molar-refractivity contribution in [2.45, 2.75) is 82.9 Å². The molecule has 2 aliphatic carbocycles. The predicted molar refractivity (Wildman–Crippen MR) is 116 cm³/mol. The first kappa shape index (κ1) is 23.4. The van der Waals surface area contributed by atoms with E-state index in [1.807, 2.05) is 0 Å². The van der Waals surface area contributed by atoms with E-state index in [0.29, 0.717) is 16.9 Å². The van der Waals surface area contributed by atoms with Gasteiger partial charge in [0.1, 0.15) is 5.60 Å². The highest BCUT2D eigenvalue weighted by molar-refractivity contribution is 5.68. The minimum Gasteiger partial charge on any atom is -0.444 e. The highest BCUT2D eigenvalue weighted by Gasteiger charge is 2.49. The zero-order chi connectivity index (χ0) is 24.0. The SMILES string of the molecule is CC(C)(C)OC(=O)N[C@H](c1cn2ncc(C(N)C3(C#N)CC3)cc2n1)C1CCC(F)(F)CC1. The summed E-state index contributed by atoms with van der Waals surface area (Å²) in [4.78, 5) is 17.2. The molecule has 3 N–H and O–H groups in total. The van der Waals surface area contributed by atoms with E-state index in [0.717, 1.165) is 12.8 Å². The second-order valence-electron chi connectivity index (χ2n) is 10.3. The molecule has 2 aromatic heterocycles. The molecular weight excluding hydrogens is 430 g/mol. The van der Waals surface area contributed by atoms with Crippen LogP contribution in [0.1, 0.15) is 82.6 Å². The molecule has 10 heteroatoms. The maximum absolute atomic E-state index is 13.8. The maximum Gasteiger partial charge on any atom is 0.408 e. The lowest BCUT2D eigenvalue weighted by Crippen LogP contribution is -2.40. The van der Waals surface area contributed by atoms with Crippen molar-refractivity contribution in [2.75, 3.05) is 0 Å². The van der Waals surface area contributed by atoms with Gasteiger partial charge in [0.25, 0.3) is 0 Å². The Morgan fingerprint density at radius 2 is 2.00 bits per heavy atom. The number of imidazole rings is 1. The summed E-state index contributed by atoms with van der Waals surface area (Å²) < 4.78 is 34.5. The van der Waals surface area contributed by atoms with E-state index in [9.17, 15) is 18.8 Å². The number of fused-ring (bicyclic) bond motifs is 1. The lowest BCUT2D eigenvalue weighted by atomic mass is 9.81.